The summed E-state index contributed by atoms with van der Waals surface area (Å²) in [4.78, 5) is 41.7. The largest absolute Gasteiger partial charge is 0.490 e. The van der Waals surface area contributed by atoms with Gasteiger partial charge in [-0.3, -0.25) is 19.8 Å². The normalized spacial score (nSPS) is 13.2. The van der Waals surface area contributed by atoms with Gasteiger partial charge in [-0.05, 0) is 35.9 Å². The van der Waals surface area contributed by atoms with E-state index in [-0.39, 0.29) is 16.9 Å². The summed E-state index contributed by atoms with van der Waals surface area (Å²) in [6.45, 7) is 2.84. The van der Waals surface area contributed by atoms with Crippen molar-refractivity contribution in [1.82, 2.24) is 14.2 Å². The fraction of sp³-hybridized carbons (Fsp3) is 0.217. The molecule has 0 radical (unpaired) electrons. The number of nitrogens with zero attached hydrogens (tertiary/aromatic N) is 3. The summed E-state index contributed by atoms with van der Waals surface area (Å²) in [6.07, 6.45) is 3.94. The van der Waals surface area contributed by atoms with Crippen molar-refractivity contribution in [3.8, 4) is 11.5 Å². The number of ether oxygens (including phenoxy) is 2. The monoisotopic (exact) mass is 432 g/mol. The number of benzene rings is 1. The Bertz CT molecular complexity index is 1490. The van der Waals surface area contributed by atoms with E-state index in [4.69, 9.17) is 9.47 Å². The van der Waals surface area contributed by atoms with Crippen molar-refractivity contribution >= 4 is 27.7 Å². The highest BCUT2D eigenvalue weighted by atomic mass is 16.5. The maximum atomic E-state index is 13.2. The highest BCUT2D eigenvalue weighted by Crippen LogP contribution is 2.30. The zero-order valence-corrected chi connectivity index (χ0v) is 17.3. The average molecular weight is 432 g/mol. The molecule has 3 aromatic heterocycles. The van der Waals surface area contributed by atoms with Crippen LogP contribution in [0.1, 0.15) is 18.9 Å². The molecule has 0 fully saturated rings. The van der Waals surface area contributed by atoms with E-state index in [1.807, 2.05) is 18.2 Å². The summed E-state index contributed by atoms with van der Waals surface area (Å²) >= 11 is 0. The van der Waals surface area contributed by atoms with Gasteiger partial charge in [-0.2, -0.15) is 0 Å². The first-order chi connectivity index (χ1) is 15.5. The van der Waals surface area contributed by atoms with Crippen molar-refractivity contribution in [3.63, 3.8) is 0 Å². The van der Waals surface area contributed by atoms with Crippen LogP contribution in [0.3, 0.4) is 0 Å². The summed E-state index contributed by atoms with van der Waals surface area (Å²) in [6, 6.07) is 10.5. The molecule has 1 aliphatic heterocycles. The van der Waals surface area contributed by atoms with E-state index in [9.17, 15) is 14.4 Å². The van der Waals surface area contributed by atoms with Gasteiger partial charge in [-0.25, -0.2) is 9.66 Å². The van der Waals surface area contributed by atoms with E-state index in [0.717, 1.165) is 16.7 Å². The number of amides is 1. The maximum absolute atomic E-state index is 13.2. The molecule has 1 aromatic carbocycles. The molecule has 0 bridgehead atoms. The van der Waals surface area contributed by atoms with Crippen molar-refractivity contribution in [3.05, 3.63) is 75.1 Å². The van der Waals surface area contributed by atoms with Gasteiger partial charge in [0.25, 0.3) is 11.1 Å². The molecule has 0 saturated heterocycles. The Kier molecular flexibility index (Phi) is 4.85. The Hall–Kier alpha value is -4.14. The van der Waals surface area contributed by atoms with Gasteiger partial charge in [0.15, 0.2) is 11.5 Å². The number of nitrogens with one attached hydrogen (secondary N) is 1. The Morgan fingerprint density at radius 2 is 1.69 bits per heavy atom. The number of fused-ring (bicyclic) bond motifs is 3. The fourth-order valence-electron chi connectivity index (χ4n) is 3.75. The van der Waals surface area contributed by atoms with Crippen LogP contribution in [0.15, 0.2) is 58.4 Å². The predicted octanol–water partition coefficient (Wildman–Crippen LogP) is 2.01. The molecule has 0 spiro atoms. The van der Waals surface area contributed by atoms with Crippen molar-refractivity contribution in [2.75, 3.05) is 18.6 Å². The number of carbonyl (C=O) groups is 1. The van der Waals surface area contributed by atoms with Crippen LogP contribution in [-0.2, 0) is 11.3 Å². The second kappa shape index (κ2) is 7.84. The van der Waals surface area contributed by atoms with E-state index < -0.39 is 5.56 Å². The van der Waals surface area contributed by atoms with E-state index in [2.05, 4.69) is 10.4 Å². The quantitative estimate of drug-likeness (QED) is 0.497. The first-order valence-electron chi connectivity index (χ1n) is 10.2. The number of aromatic nitrogens is 3. The first kappa shape index (κ1) is 19.8. The van der Waals surface area contributed by atoms with Gasteiger partial charge in [0, 0.05) is 25.7 Å². The van der Waals surface area contributed by atoms with E-state index in [1.165, 1.54) is 19.2 Å². The first-order valence-corrected chi connectivity index (χ1v) is 10.2. The lowest BCUT2D eigenvalue weighted by Crippen LogP contribution is -2.31. The second-order valence-corrected chi connectivity index (χ2v) is 7.59. The Morgan fingerprint density at radius 1 is 0.969 bits per heavy atom. The average Bonchev–Trinajstić information content (AvgIpc) is 3.02. The van der Waals surface area contributed by atoms with E-state index in [0.29, 0.717) is 47.7 Å². The molecule has 1 aliphatic rings. The second-order valence-electron chi connectivity index (χ2n) is 7.59. The molecular formula is C23H20N4O5. The van der Waals surface area contributed by atoms with Crippen molar-refractivity contribution in [1.29, 1.82) is 0 Å². The highest BCUT2D eigenvalue weighted by molar-refractivity contribution is 5.92. The standard InChI is InChI=1S/C23H20N4O5/c1-14(28)25-27-8-6-19-17(23(27)30)12-16-18(24-19)5-7-26(22(16)29)13-15-3-4-20-21(11-15)32-10-2-9-31-20/h3-8,11-12H,2,9-10,13H2,1H3,(H,25,28). The van der Waals surface area contributed by atoms with Crippen molar-refractivity contribution < 1.29 is 14.3 Å². The summed E-state index contributed by atoms with van der Waals surface area (Å²) in [7, 11) is 0. The van der Waals surface area contributed by atoms with Gasteiger partial charge >= 0.3 is 0 Å². The van der Waals surface area contributed by atoms with Crippen LogP contribution in [0.25, 0.3) is 21.8 Å². The molecule has 32 heavy (non-hydrogen) atoms. The van der Waals surface area contributed by atoms with Gasteiger partial charge in [0.05, 0.1) is 41.6 Å². The number of pyridine rings is 3. The topological polar surface area (TPSA) is 104 Å². The Labute approximate surface area is 181 Å². The maximum Gasteiger partial charge on any atom is 0.278 e. The van der Waals surface area contributed by atoms with Crippen LogP contribution in [0.4, 0.5) is 0 Å². The lowest BCUT2D eigenvalue weighted by atomic mass is 10.1. The van der Waals surface area contributed by atoms with Crippen LogP contribution < -0.4 is 26.0 Å². The smallest absolute Gasteiger partial charge is 0.278 e. The molecule has 5 rings (SSSR count). The molecule has 0 saturated carbocycles. The third-order valence-corrected chi connectivity index (χ3v) is 5.26. The lowest BCUT2D eigenvalue weighted by molar-refractivity contribution is -0.115. The number of carbonyl (C=O) groups excluding carboxylic acids is 1. The Balaban J connectivity index is 1.57. The van der Waals surface area contributed by atoms with Crippen LogP contribution in [-0.4, -0.2) is 33.3 Å². The zero-order valence-electron chi connectivity index (χ0n) is 17.3. The SMILES string of the molecule is CC(=O)Nn1ccc2nc3ccn(Cc4ccc5c(c4)OCCCO5)c(=O)c3cc2c1=O. The molecule has 0 atom stereocenters. The predicted molar refractivity (Wildman–Crippen MR) is 119 cm³/mol. The van der Waals surface area contributed by atoms with Gasteiger partial charge in [0.2, 0.25) is 5.91 Å². The third-order valence-electron chi connectivity index (χ3n) is 5.26. The van der Waals surface area contributed by atoms with Gasteiger partial charge in [-0.15, -0.1) is 0 Å². The van der Waals surface area contributed by atoms with Crippen LogP contribution in [0.5, 0.6) is 11.5 Å². The Morgan fingerprint density at radius 3 is 2.47 bits per heavy atom. The molecule has 4 heterocycles. The minimum Gasteiger partial charge on any atom is -0.490 e. The van der Waals surface area contributed by atoms with Crippen molar-refractivity contribution in [2.45, 2.75) is 19.9 Å². The van der Waals surface area contributed by atoms with Crippen LogP contribution in [0, 0.1) is 0 Å². The zero-order chi connectivity index (χ0) is 22.2. The molecular weight excluding hydrogens is 412 g/mol. The molecule has 0 unspecified atom stereocenters. The van der Waals surface area contributed by atoms with Gasteiger partial charge < -0.3 is 14.0 Å². The highest BCUT2D eigenvalue weighted by Gasteiger charge is 2.13. The molecule has 162 valence electrons. The minimum absolute atomic E-state index is 0.249. The lowest BCUT2D eigenvalue weighted by Gasteiger charge is -2.12. The number of hydrogen-bond donors (Lipinski definition) is 1. The number of hydrogen-bond acceptors (Lipinski definition) is 6. The molecule has 4 aromatic rings. The van der Waals surface area contributed by atoms with Crippen molar-refractivity contribution in [2.24, 2.45) is 0 Å². The molecule has 9 nitrogen and oxygen atoms in total. The summed E-state index contributed by atoms with van der Waals surface area (Å²) in [5.74, 6) is 0.987. The summed E-state index contributed by atoms with van der Waals surface area (Å²) < 4.78 is 14.0. The van der Waals surface area contributed by atoms with Gasteiger partial charge in [0.1, 0.15) is 0 Å². The summed E-state index contributed by atoms with van der Waals surface area (Å²) in [5, 5.41) is 0.575. The fourth-order valence-corrected chi connectivity index (χ4v) is 3.75. The molecule has 1 amide bonds. The van der Waals surface area contributed by atoms with Crippen LogP contribution in [0.2, 0.25) is 0 Å². The van der Waals surface area contributed by atoms with Crippen LogP contribution >= 0.6 is 0 Å². The molecule has 1 N–H and O–H groups in total. The number of rotatable bonds is 3. The minimum atomic E-state index is -0.454. The summed E-state index contributed by atoms with van der Waals surface area (Å²) in [5.41, 5.74) is 3.54. The van der Waals surface area contributed by atoms with E-state index in [1.54, 1.807) is 22.9 Å². The molecule has 0 aliphatic carbocycles. The molecule has 9 heteroatoms. The van der Waals surface area contributed by atoms with Gasteiger partial charge in [-0.1, -0.05) is 6.07 Å². The third kappa shape index (κ3) is 3.58. The van der Waals surface area contributed by atoms with E-state index >= 15 is 0 Å².